The van der Waals surface area contributed by atoms with E-state index < -0.39 is 0 Å². The van der Waals surface area contributed by atoms with E-state index in [-0.39, 0.29) is 11.7 Å². The number of anilines is 1. The number of carbonyl (C=O) groups excluding carboxylic acids is 1. The van der Waals surface area contributed by atoms with Gasteiger partial charge in [-0.2, -0.15) is 5.26 Å². The van der Waals surface area contributed by atoms with Gasteiger partial charge in [-0.05, 0) is 37.5 Å². The molecule has 1 aromatic heterocycles. The van der Waals surface area contributed by atoms with Gasteiger partial charge in [0.05, 0.1) is 17.4 Å². The number of imidazole rings is 1. The maximum Gasteiger partial charge on any atom is 0.183 e. The normalized spacial score (nSPS) is 20.5. The first-order valence-electron chi connectivity index (χ1n) is 9.16. The van der Waals surface area contributed by atoms with Crippen LogP contribution >= 0.6 is 0 Å². The van der Waals surface area contributed by atoms with Gasteiger partial charge in [-0.25, -0.2) is 4.98 Å². The molecule has 0 radical (unpaired) electrons. The first-order valence-corrected chi connectivity index (χ1v) is 9.16. The zero-order valence-corrected chi connectivity index (χ0v) is 14.9. The number of nitrogens with one attached hydrogen (secondary N) is 1. The van der Waals surface area contributed by atoms with Crippen LogP contribution in [0.5, 0.6) is 0 Å². The Kier molecular flexibility index (Phi) is 4.48. The van der Waals surface area contributed by atoms with Crippen molar-refractivity contribution in [2.45, 2.75) is 38.8 Å². The summed E-state index contributed by atoms with van der Waals surface area (Å²) >= 11 is 0. The van der Waals surface area contributed by atoms with E-state index in [2.05, 4.69) is 16.4 Å². The van der Waals surface area contributed by atoms with Crippen LogP contribution in [0.2, 0.25) is 0 Å². The van der Waals surface area contributed by atoms with Gasteiger partial charge in [0.2, 0.25) is 0 Å². The van der Waals surface area contributed by atoms with Crippen molar-refractivity contribution < 1.29 is 9.53 Å². The molecule has 6 nitrogen and oxygen atoms in total. The number of ketones is 1. The van der Waals surface area contributed by atoms with E-state index in [0.29, 0.717) is 17.3 Å². The molecule has 1 aromatic carbocycles. The van der Waals surface area contributed by atoms with Gasteiger partial charge >= 0.3 is 0 Å². The summed E-state index contributed by atoms with van der Waals surface area (Å²) < 4.78 is 7.41. The smallest absolute Gasteiger partial charge is 0.183 e. The van der Waals surface area contributed by atoms with Crippen molar-refractivity contribution in [1.29, 1.82) is 5.26 Å². The maximum absolute atomic E-state index is 12.4. The second-order valence-corrected chi connectivity index (χ2v) is 7.08. The minimum absolute atomic E-state index is 0.0544. The summed E-state index contributed by atoms with van der Waals surface area (Å²) in [7, 11) is 0. The summed E-state index contributed by atoms with van der Waals surface area (Å²) in [5.74, 6) is 1.00. The van der Waals surface area contributed by atoms with Gasteiger partial charge in [-0.15, -0.1) is 0 Å². The minimum Gasteiger partial charge on any atom is -0.381 e. The molecule has 0 aliphatic carbocycles. The lowest BCUT2D eigenvalue weighted by atomic mass is 9.97. The quantitative estimate of drug-likeness (QED) is 0.919. The number of aromatic nitrogens is 2. The van der Waals surface area contributed by atoms with E-state index in [9.17, 15) is 10.1 Å². The predicted molar refractivity (Wildman–Crippen MR) is 98.0 cm³/mol. The number of hydrogen-bond acceptors (Lipinski definition) is 5. The van der Waals surface area contributed by atoms with E-state index in [1.807, 2.05) is 29.7 Å². The molecule has 4 rings (SSSR count). The molecule has 1 unspecified atom stereocenters. The Bertz CT molecular complexity index is 874. The van der Waals surface area contributed by atoms with Crippen LogP contribution < -0.4 is 5.32 Å². The fourth-order valence-electron chi connectivity index (χ4n) is 3.70. The highest BCUT2D eigenvalue weighted by Gasteiger charge is 2.27. The molecule has 1 atom stereocenters. The molecule has 1 saturated heterocycles. The second kappa shape index (κ2) is 6.93. The van der Waals surface area contributed by atoms with Crippen molar-refractivity contribution in [3.05, 3.63) is 35.7 Å². The lowest BCUT2D eigenvalue weighted by molar-refractivity contribution is 0.0891. The van der Waals surface area contributed by atoms with Crippen LogP contribution in [0, 0.1) is 17.2 Å². The van der Waals surface area contributed by atoms with Crippen molar-refractivity contribution in [2.24, 2.45) is 5.92 Å². The standard InChI is InChI=1S/C20H22N4O2/c1-13-4-7-24-18(19(13)25)12-22-20(24)14-2-3-15(11-21)17(10-14)23-16-5-8-26-9-6-16/h2-3,10,12-13,16,23H,4-9H2,1H3. The number of nitriles is 1. The molecular weight excluding hydrogens is 328 g/mol. The number of ether oxygens (including phenoxy) is 1. The Morgan fingerprint density at radius 2 is 2.12 bits per heavy atom. The van der Waals surface area contributed by atoms with Crippen LogP contribution in [0.1, 0.15) is 42.2 Å². The van der Waals surface area contributed by atoms with Crippen LogP contribution in [0.3, 0.4) is 0 Å². The fourth-order valence-corrected chi connectivity index (χ4v) is 3.70. The predicted octanol–water partition coefficient (Wildman–Crippen LogP) is 3.24. The molecule has 1 fully saturated rings. The summed E-state index contributed by atoms with van der Waals surface area (Å²) in [4.78, 5) is 16.9. The topological polar surface area (TPSA) is 79.9 Å². The molecule has 26 heavy (non-hydrogen) atoms. The van der Waals surface area contributed by atoms with Gasteiger partial charge in [-0.3, -0.25) is 4.79 Å². The summed E-state index contributed by atoms with van der Waals surface area (Å²) in [6.45, 7) is 4.25. The van der Waals surface area contributed by atoms with Gasteiger partial charge in [-0.1, -0.05) is 6.92 Å². The van der Waals surface area contributed by atoms with Gasteiger partial charge in [0.25, 0.3) is 0 Å². The molecule has 1 N–H and O–H groups in total. The molecule has 134 valence electrons. The van der Waals surface area contributed by atoms with Crippen LogP contribution in [0.25, 0.3) is 11.4 Å². The third-order valence-electron chi connectivity index (χ3n) is 5.32. The molecule has 2 aliphatic heterocycles. The molecule has 2 aliphatic rings. The molecule has 2 aromatic rings. The molecule has 0 spiro atoms. The third-order valence-corrected chi connectivity index (χ3v) is 5.32. The first kappa shape index (κ1) is 16.8. The lowest BCUT2D eigenvalue weighted by Crippen LogP contribution is -2.28. The zero-order chi connectivity index (χ0) is 18.1. The number of carbonyl (C=O) groups is 1. The molecule has 0 bridgehead atoms. The van der Waals surface area contributed by atoms with E-state index >= 15 is 0 Å². The summed E-state index contributed by atoms with van der Waals surface area (Å²) in [6, 6.07) is 8.28. The highest BCUT2D eigenvalue weighted by Crippen LogP contribution is 2.30. The molecule has 0 saturated carbocycles. The number of fused-ring (bicyclic) bond motifs is 1. The van der Waals surface area contributed by atoms with Crippen molar-refractivity contribution >= 4 is 11.5 Å². The van der Waals surface area contributed by atoms with E-state index in [0.717, 1.165) is 56.1 Å². The average Bonchev–Trinajstić information content (AvgIpc) is 3.10. The molecular formula is C20H22N4O2. The summed E-state index contributed by atoms with van der Waals surface area (Å²) in [5, 5.41) is 12.9. The minimum atomic E-state index is 0.0544. The van der Waals surface area contributed by atoms with E-state index in [4.69, 9.17) is 4.74 Å². The summed E-state index contributed by atoms with van der Waals surface area (Å²) in [5.41, 5.74) is 3.05. The number of rotatable bonds is 3. The van der Waals surface area contributed by atoms with Crippen LogP contribution in [-0.4, -0.2) is 34.6 Å². The Labute approximate surface area is 152 Å². The van der Waals surface area contributed by atoms with Crippen molar-refractivity contribution in [3.63, 3.8) is 0 Å². The molecule has 3 heterocycles. The van der Waals surface area contributed by atoms with Gasteiger partial charge in [0.15, 0.2) is 5.78 Å². The zero-order valence-electron chi connectivity index (χ0n) is 14.9. The third kappa shape index (κ3) is 2.99. The Hall–Kier alpha value is -2.65. The lowest BCUT2D eigenvalue weighted by Gasteiger charge is -2.25. The Balaban J connectivity index is 1.68. The van der Waals surface area contributed by atoms with Gasteiger partial charge in [0.1, 0.15) is 17.6 Å². The Morgan fingerprint density at radius 1 is 1.31 bits per heavy atom. The van der Waals surface area contributed by atoms with Crippen LogP contribution in [0.15, 0.2) is 24.4 Å². The molecule has 6 heteroatoms. The van der Waals surface area contributed by atoms with Crippen molar-refractivity contribution in [3.8, 4) is 17.5 Å². The number of hydrogen-bond donors (Lipinski definition) is 1. The fraction of sp³-hybridized carbons (Fsp3) is 0.450. The number of benzene rings is 1. The van der Waals surface area contributed by atoms with Gasteiger partial charge < -0.3 is 14.6 Å². The molecule has 0 amide bonds. The second-order valence-electron chi connectivity index (χ2n) is 7.08. The monoisotopic (exact) mass is 350 g/mol. The van der Waals surface area contributed by atoms with Gasteiger partial charge in [0, 0.05) is 37.3 Å². The highest BCUT2D eigenvalue weighted by molar-refractivity contribution is 5.97. The maximum atomic E-state index is 12.4. The number of Topliss-reactive ketones (excluding diaryl/α,β-unsaturated/α-hetero) is 1. The van der Waals surface area contributed by atoms with E-state index in [1.54, 1.807) is 6.20 Å². The van der Waals surface area contributed by atoms with E-state index in [1.165, 1.54) is 0 Å². The Morgan fingerprint density at radius 3 is 2.88 bits per heavy atom. The first-order chi connectivity index (χ1) is 12.7. The van der Waals surface area contributed by atoms with Crippen molar-refractivity contribution in [2.75, 3.05) is 18.5 Å². The van der Waals surface area contributed by atoms with Crippen molar-refractivity contribution in [1.82, 2.24) is 9.55 Å². The SMILES string of the molecule is CC1CCn2c(cnc2-c2ccc(C#N)c(NC3CCOCC3)c2)C1=O. The average molecular weight is 350 g/mol. The highest BCUT2D eigenvalue weighted by atomic mass is 16.5. The van der Waals surface area contributed by atoms with Crippen LogP contribution in [-0.2, 0) is 11.3 Å². The summed E-state index contributed by atoms with van der Waals surface area (Å²) in [6.07, 6.45) is 4.37. The largest absolute Gasteiger partial charge is 0.381 e. The number of nitrogens with zero attached hydrogens (tertiary/aromatic N) is 3. The van der Waals surface area contributed by atoms with Crippen LogP contribution in [0.4, 0.5) is 5.69 Å².